The highest BCUT2D eigenvalue weighted by molar-refractivity contribution is 7.92. The van der Waals surface area contributed by atoms with E-state index in [2.05, 4.69) is 161 Å². The second-order valence-corrected chi connectivity index (χ2v) is 18.3. The minimum absolute atomic E-state index is 0.301. The molecular formula is C57H36N2O3S. The van der Waals surface area contributed by atoms with Crippen LogP contribution in [-0.2, 0) is 15.3 Å². The Kier molecular flexibility index (Phi) is 7.55. The number of anilines is 6. The van der Waals surface area contributed by atoms with Gasteiger partial charge in [-0.3, -0.25) is 0 Å². The van der Waals surface area contributed by atoms with Crippen molar-refractivity contribution in [2.24, 2.45) is 0 Å². The van der Waals surface area contributed by atoms with Gasteiger partial charge in [-0.2, -0.15) is 0 Å². The monoisotopic (exact) mass is 828 g/mol. The van der Waals surface area contributed by atoms with Crippen LogP contribution >= 0.6 is 0 Å². The topological polar surface area (TPSA) is 49.9 Å². The Morgan fingerprint density at radius 1 is 0.397 bits per heavy atom. The highest BCUT2D eigenvalue weighted by atomic mass is 32.2. The molecule has 298 valence electrons. The van der Waals surface area contributed by atoms with Crippen LogP contribution < -0.4 is 14.5 Å². The van der Waals surface area contributed by atoms with Gasteiger partial charge in [0.05, 0.1) is 38.0 Å². The first-order valence-corrected chi connectivity index (χ1v) is 22.7. The van der Waals surface area contributed by atoms with Gasteiger partial charge < -0.3 is 14.5 Å². The maximum atomic E-state index is 14.5. The first-order valence-electron chi connectivity index (χ1n) is 21.2. The Bertz CT molecular complexity index is 3600. The number of hydrogen-bond donors (Lipinski definition) is 0. The van der Waals surface area contributed by atoms with Crippen LogP contribution in [0.25, 0.3) is 32.7 Å². The Morgan fingerprint density at radius 2 is 0.905 bits per heavy atom. The summed E-state index contributed by atoms with van der Waals surface area (Å²) in [6.07, 6.45) is 0. The minimum atomic E-state index is -3.82. The van der Waals surface area contributed by atoms with Gasteiger partial charge in [-0.25, -0.2) is 8.42 Å². The first kappa shape index (κ1) is 35.8. The normalized spacial score (nSPS) is 14.8. The lowest BCUT2D eigenvalue weighted by Crippen LogP contribution is -2.37. The Morgan fingerprint density at radius 3 is 1.56 bits per heavy atom. The third-order valence-corrected chi connectivity index (χ3v) is 15.1. The number of hydrogen-bond acceptors (Lipinski definition) is 5. The van der Waals surface area contributed by atoms with Gasteiger partial charge in [-0.1, -0.05) is 158 Å². The lowest BCUT2D eigenvalue weighted by Gasteiger charge is -2.47. The van der Waals surface area contributed by atoms with E-state index in [1.54, 1.807) is 12.1 Å². The molecule has 0 fully saturated rings. The molecule has 0 radical (unpaired) electrons. The molecule has 0 bridgehead atoms. The molecule has 0 saturated heterocycles. The molecular weight excluding hydrogens is 793 g/mol. The van der Waals surface area contributed by atoms with Crippen molar-refractivity contribution in [1.29, 1.82) is 0 Å². The van der Waals surface area contributed by atoms with Crippen LogP contribution in [0.4, 0.5) is 34.1 Å². The third kappa shape index (κ3) is 4.95. The van der Waals surface area contributed by atoms with Gasteiger partial charge in [0, 0.05) is 33.3 Å². The second kappa shape index (κ2) is 13.3. The molecule has 3 aliphatic heterocycles. The molecule has 0 aliphatic carbocycles. The third-order valence-electron chi connectivity index (χ3n) is 13.2. The van der Waals surface area contributed by atoms with Crippen molar-refractivity contribution in [3.63, 3.8) is 0 Å². The number of benzene rings is 10. The number of sulfone groups is 1. The number of ether oxygens (including phenoxy) is 1. The highest BCUT2D eigenvalue weighted by Crippen LogP contribution is 2.60. The summed E-state index contributed by atoms with van der Waals surface area (Å²) in [5.74, 6) is 1.47. The number of para-hydroxylation sites is 3. The molecule has 10 aromatic rings. The molecule has 5 nitrogen and oxygen atoms in total. The van der Waals surface area contributed by atoms with E-state index in [-0.39, 0.29) is 0 Å². The van der Waals surface area contributed by atoms with E-state index < -0.39 is 15.3 Å². The fourth-order valence-corrected chi connectivity index (χ4v) is 12.2. The van der Waals surface area contributed by atoms with Gasteiger partial charge in [-0.05, 0) is 93.7 Å². The molecule has 63 heavy (non-hydrogen) atoms. The average molecular weight is 829 g/mol. The van der Waals surface area contributed by atoms with Crippen LogP contribution in [0, 0.1) is 0 Å². The van der Waals surface area contributed by atoms with E-state index in [4.69, 9.17) is 4.74 Å². The number of fused-ring (bicyclic) bond motifs is 11. The second-order valence-electron chi connectivity index (χ2n) is 16.4. The number of nitrogens with zero attached hydrogens (tertiary/aromatic N) is 2. The van der Waals surface area contributed by atoms with Crippen LogP contribution in [0.3, 0.4) is 0 Å². The quantitative estimate of drug-likeness (QED) is 0.177. The fraction of sp³-hybridized carbons (Fsp3) is 0.0175. The molecule has 0 N–H and O–H groups in total. The van der Waals surface area contributed by atoms with Crippen molar-refractivity contribution < 1.29 is 13.2 Å². The molecule has 0 aromatic heterocycles. The van der Waals surface area contributed by atoms with Crippen LogP contribution in [0.1, 0.15) is 22.3 Å². The maximum absolute atomic E-state index is 14.5. The standard InChI is InChI=1S/C57H36N2O3S/c60-63(61)53-33-29-41(35-45(53)46-36-42(30-34-54(46)63)59-50-25-13-14-26-51(50)62-52-32-28-38-16-8-10-22-44(38)56(52)59)58-49-24-12-11-23-47(49)57(39-17-3-1-4-18-39,40-19-5-2-6-20-40)48-31-27-37-15-7-9-21-43(37)55(48)58/h1-36H. The van der Waals surface area contributed by atoms with Crippen LogP contribution in [0.5, 0.6) is 11.5 Å². The Labute approximate surface area is 365 Å². The minimum Gasteiger partial charge on any atom is -0.453 e. The zero-order valence-corrected chi connectivity index (χ0v) is 34.6. The van der Waals surface area contributed by atoms with Gasteiger partial charge >= 0.3 is 0 Å². The maximum Gasteiger partial charge on any atom is 0.207 e. The van der Waals surface area contributed by atoms with Crippen LogP contribution in [0.15, 0.2) is 228 Å². The Balaban J connectivity index is 1.06. The van der Waals surface area contributed by atoms with E-state index in [1.165, 1.54) is 11.1 Å². The van der Waals surface area contributed by atoms with Gasteiger partial charge in [0.25, 0.3) is 0 Å². The summed E-state index contributed by atoms with van der Waals surface area (Å²) < 4.78 is 35.6. The van der Waals surface area contributed by atoms with Crippen LogP contribution in [0.2, 0.25) is 0 Å². The van der Waals surface area contributed by atoms with Crippen LogP contribution in [-0.4, -0.2) is 8.42 Å². The van der Waals surface area contributed by atoms with E-state index in [0.29, 0.717) is 20.9 Å². The lowest BCUT2D eigenvalue weighted by molar-refractivity contribution is 0.478. The van der Waals surface area contributed by atoms with Gasteiger partial charge in [0.15, 0.2) is 11.5 Å². The highest BCUT2D eigenvalue weighted by Gasteiger charge is 2.47. The molecule has 13 rings (SSSR count). The summed E-state index contributed by atoms with van der Waals surface area (Å²) >= 11 is 0. The first-order chi connectivity index (χ1) is 31.0. The zero-order chi connectivity index (χ0) is 41.9. The molecule has 6 heteroatoms. The summed E-state index contributed by atoms with van der Waals surface area (Å²) in [7, 11) is -3.82. The van der Waals surface area contributed by atoms with E-state index in [1.807, 2.05) is 54.6 Å². The fourth-order valence-electron chi connectivity index (χ4n) is 10.6. The summed E-state index contributed by atoms with van der Waals surface area (Å²) in [5, 5.41) is 4.35. The van der Waals surface area contributed by atoms with Gasteiger partial charge in [0.2, 0.25) is 9.84 Å². The Hall–Kier alpha value is -7.93. The van der Waals surface area contributed by atoms with Crippen molar-refractivity contribution in [3.05, 3.63) is 241 Å². The molecule has 0 atom stereocenters. The summed E-state index contributed by atoms with van der Waals surface area (Å²) in [4.78, 5) is 5.17. The molecule has 0 saturated carbocycles. The predicted molar refractivity (Wildman–Crippen MR) is 254 cm³/mol. The van der Waals surface area contributed by atoms with E-state index in [0.717, 1.165) is 78.3 Å². The summed E-state index contributed by atoms with van der Waals surface area (Å²) in [6.45, 7) is 0. The predicted octanol–water partition coefficient (Wildman–Crippen LogP) is 14.5. The van der Waals surface area contributed by atoms with Gasteiger partial charge in [0.1, 0.15) is 0 Å². The van der Waals surface area contributed by atoms with Gasteiger partial charge in [-0.15, -0.1) is 0 Å². The molecule has 3 heterocycles. The lowest BCUT2D eigenvalue weighted by atomic mass is 9.62. The zero-order valence-electron chi connectivity index (χ0n) is 33.8. The average Bonchev–Trinajstić information content (AvgIpc) is 3.57. The summed E-state index contributed by atoms with van der Waals surface area (Å²) in [6, 6.07) is 75.4. The molecule has 3 aliphatic rings. The van der Waals surface area contributed by atoms with Crippen molar-refractivity contribution in [3.8, 4) is 22.6 Å². The van der Waals surface area contributed by atoms with Crippen molar-refractivity contribution in [2.45, 2.75) is 15.2 Å². The van der Waals surface area contributed by atoms with Crippen molar-refractivity contribution in [2.75, 3.05) is 9.80 Å². The summed E-state index contributed by atoms with van der Waals surface area (Å²) in [5.41, 5.74) is 10.9. The number of rotatable bonds is 4. The van der Waals surface area contributed by atoms with Crippen molar-refractivity contribution in [1.82, 2.24) is 0 Å². The largest absolute Gasteiger partial charge is 0.453 e. The SMILES string of the molecule is O=S1(=O)c2ccc(N3c4ccccc4Oc4ccc5ccccc5c43)cc2-c2cc(N3c4ccccc4C(c4ccccc4)(c4ccccc4)c4ccc5ccccc5c43)ccc21. The molecule has 0 unspecified atom stereocenters. The molecule has 0 spiro atoms. The smallest absolute Gasteiger partial charge is 0.207 e. The van der Waals surface area contributed by atoms with Crippen molar-refractivity contribution >= 4 is 65.5 Å². The molecule has 0 amide bonds. The van der Waals surface area contributed by atoms with E-state index >= 15 is 0 Å². The van der Waals surface area contributed by atoms with E-state index in [9.17, 15) is 8.42 Å². The molecule has 10 aromatic carbocycles.